The summed E-state index contributed by atoms with van der Waals surface area (Å²) in [5.74, 6) is -0.876. The van der Waals surface area contributed by atoms with Crippen molar-refractivity contribution < 1.29 is 14.3 Å². The van der Waals surface area contributed by atoms with Crippen LogP contribution in [0.25, 0.3) is 22.1 Å². The molecule has 3 aromatic rings. The highest BCUT2D eigenvalue weighted by Crippen LogP contribution is 2.31. The van der Waals surface area contributed by atoms with Crippen LogP contribution in [0.5, 0.6) is 0 Å². The zero-order chi connectivity index (χ0) is 18.9. The fourth-order valence-electron chi connectivity index (χ4n) is 2.77. The maximum atomic E-state index is 12.0. The number of hydrogen-bond acceptors (Lipinski definition) is 4. The molecule has 0 saturated carbocycles. The minimum atomic E-state index is -0.904. The fraction of sp³-hybridized carbons (Fsp3) is 0.238. The van der Waals surface area contributed by atoms with Crippen molar-refractivity contribution in [3.63, 3.8) is 0 Å². The predicted octanol–water partition coefficient (Wildman–Crippen LogP) is 4.29. The zero-order valence-electron chi connectivity index (χ0n) is 15.0. The number of hydrogen-bond donors (Lipinski definition) is 2. The normalized spacial score (nSPS) is 11.5. The molecule has 0 spiro atoms. The molecular weight excluding hydrogens is 330 g/mol. The lowest BCUT2D eigenvalue weighted by Gasteiger charge is -2.20. The van der Waals surface area contributed by atoms with Crippen LogP contribution >= 0.6 is 0 Å². The average molecular weight is 351 g/mol. The number of carboxylic acids is 1. The molecule has 0 aliphatic carbocycles. The van der Waals surface area contributed by atoms with Gasteiger partial charge in [0.1, 0.15) is 5.58 Å². The van der Waals surface area contributed by atoms with E-state index in [9.17, 15) is 14.7 Å². The number of aliphatic carboxylic acids is 1. The lowest BCUT2D eigenvalue weighted by molar-refractivity contribution is -0.146. The maximum Gasteiger partial charge on any atom is 0.336 e. The van der Waals surface area contributed by atoms with Gasteiger partial charge >= 0.3 is 11.6 Å². The summed E-state index contributed by atoms with van der Waals surface area (Å²) in [6.45, 7) is 5.56. The molecule has 0 radical (unpaired) electrons. The molecule has 5 heteroatoms. The first kappa shape index (κ1) is 17.7. The second kappa shape index (κ2) is 6.67. The van der Waals surface area contributed by atoms with Gasteiger partial charge in [0.2, 0.25) is 0 Å². The van der Waals surface area contributed by atoms with Gasteiger partial charge < -0.3 is 14.8 Å². The molecule has 2 aromatic carbocycles. The Labute approximate surface area is 151 Å². The van der Waals surface area contributed by atoms with E-state index in [1.165, 1.54) is 6.07 Å². The van der Waals surface area contributed by atoms with E-state index in [0.29, 0.717) is 11.3 Å². The highest BCUT2D eigenvalue weighted by Gasteiger charge is 2.26. The molecule has 134 valence electrons. The van der Waals surface area contributed by atoms with Crippen LogP contribution in [0.4, 0.5) is 5.69 Å². The number of aryl methyl sites for hydroxylation is 1. The Morgan fingerprint density at radius 2 is 1.85 bits per heavy atom. The van der Waals surface area contributed by atoms with Crippen LogP contribution in [0, 0.1) is 12.3 Å². The maximum absolute atomic E-state index is 12.0. The van der Waals surface area contributed by atoms with Gasteiger partial charge in [-0.2, -0.15) is 0 Å². The SMILES string of the molecule is Cc1ccccc1-c1cc(=O)oc2cc(NCC(C)(C)C(=O)O)ccc12. The minimum absolute atomic E-state index is 0.259. The summed E-state index contributed by atoms with van der Waals surface area (Å²) in [5.41, 5.74) is 2.73. The summed E-state index contributed by atoms with van der Waals surface area (Å²) < 4.78 is 5.37. The first-order valence-electron chi connectivity index (χ1n) is 8.39. The molecule has 0 unspecified atom stereocenters. The van der Waals surface area contributed by atoms with Crippen molar-refractivity contribution in [2.24, 2.45) is 5.41 Å². The lowest BCUT2D eigenvalue weighted by atomic mass is 9.93. The van der Waals surface area contributed by atoms with Crippen molar-refractivity contribution in [1.82, 2.24) is 0 Å². The molecule has 26 heavy (non-hydrogen) atoms. The van der Waals surface area contributed by atoms with Crippen LogP contribution in [-0.2, 0) is 4.79 Å². The molecular formula is C21H21NO4. The molecule has 1 aromatic heterocycles. The van der Waals surface area contributed by atoms with E-state index in [2.05, 4.69) is 5.32 Å². The van der Waals surface area contributed by atoms with Gasteiger partial charge in [-0.3, -0.25) is 4.79 Å². The van der Waals surface area contributed by atoms with Crippen molar-refractivity contribution in [2.75, 3.05) is 11.9 Å². The first-order valence-corrected chi connectivity index (χ1v) is 8.39. The highest BCUT2D eigenvalue weighted by atomic mass is 16.4. The van der Waals surface area contributed by atoms with Gasteiger partial charge in [0, 0.05) is 35.3 Å². The second-order valence-electron chi connectivity index (χ2n) is 7.05. The minimum Gasteiger partial charge on any atom is -0.481 e. The molecule has 0 amide bonds. The van der Waals surface area contributed by atoms with Gasteiger partial charge in [0.25, 0.3) is 0 Å². The molecule has 0 bridgehead atoms. The molecule has 0 fully saturated rings. The van der Waals surface area contributed by atoms with Gasteiger partial charge in [-0.15, -0.1) is 0 Å². The Balaban J connectivity index is 2.03. The summed E-state index contributed by atoms with van der Waals surface area (Å²) >= 11 is 0. The summed E-state index contributed by atoms with van der Waals surface area (Å²) in [6, 6.07) is 14.9. The van der Waals surface area contributed by atoms with Crippen molar-refractivity contribution in [3.05, 3.63) is 64.5 Å². The molecule has 3 rings (SSSR count). The van der Waals surface area contributed by atoms with E-state index in [1.54, 1.807) is 19.9 Å². The predicted molar refractivity (Wildman–Crippen MR) is 103 cm³/mol. The van der Waals surface area contributed by atoms with Crippen LogP contribution < -0.4 is 10.9 Å². The number of carboxylic acid groups (broad SMARTS) is 1. The molecule has 0 aliphatic heterocycles. The zero-order valence-corrected chi connectivity index (χ0v) is 15.0. The van der Waals surface area contributed by atoms with Gasteiger partial charge in [-0.05, 0) is 44.0 Å². The number of benzene rings is 2. The third-order valence-electron chi connectivity index (χ3n) is 4.49. The second-order valence-corrected chi connectivity index (χ2v) is 7.05. The van der Waals surface area contributed by atoms with Gasteiger partial charge in [-0.25, -0.2) is 4.79 Å². The van der Waals surface area contributed by atoms with Crippen LogP contribution in [0.2, 0.25) is 0 Å². The Kier molecular flexibility index (Phi) is 4.55. The molecule has 5 nitrogen and oxygen atoms in total. The Morgan fingerprint density at radius 3 is 2.54 bits per heavy atom. The molecule has 0 atom stereocenters. The summed E-state index contributed by atoms with van der Waals surface area (Å²) in [5, 5.41) is 13.2. The summed E-state index contributed by atoms with van der Waals surface area (Å²) in [4.78, 5) is 23.3. The number of rotatable bonds is 5. The van der Waals surface area contributed by atoms with E-state index in [-0.39, 0.29) is 6.54 Å². The summed E-state index contributed by atoms with van der Waals surface area (Å²) in [6.07, 6.45) is 0. The number of fused-ring (bicyclic) bond motifs is 1. The Hall–Kier alpha value is -3.08. The monoisotopic (exact) mass is 351 g/mol. The standard InChI is InChI=1S/C21H21NO4/c1-13-6-4-5-7-15(13)17-11-19(23)26-18-10-14(8-9-16(17)18)22-12-21(2,3)20(24)25/h4-11,22H,12H2,1-3H3,(H,24,25). The number of nitrogens with one attached hydrogen (secondary N) is 1. The number of anilines is 1. The topological polar surface area (TPSA) is 79.5 Å². The quantitative estimate of drug-likeness (QED) is 0.670. The molecule has 0 saturated heterocycles. The van der Waals surface area contributed by atoms with Crippen LogP contribution in [0.1, 0.15) is 19.4 Å². The number of carbonyl (C=O) groups is 1. The summed E-state index contributed by atoms with van der Waals surface area (Å²) in [7, 11) is 0. The third kappa shape index (κ3) is 3.47. The molecule has 1 heterocycles. The Morgan fingerprint density at radius 1 is 1.12 bits per heavy atom. The van der Waals surface area contributed by atoms with E-state index < -0.39 is 17.0 Å². The van der Waals surface area contributed by atoms with Crippen LogP contribution in [-0.4, -0.2) is 17.6 Å². The van der Waals surface area contributed by atoms with E-state index >= 15 is 0 Å². The smallest absolute Gasteiger partial charge is 0.336 e. The van der Waals surface area contributed by atoms with Crippen molar-refractivity contribution in [1.29, 1.82) is 0 Å². The van der Waals surface area contributed by atoms with Gasteiger partial charge in [-0.1, -0.05) is 24.3 Å². The van der Waals surface area contributed by atoms with E-state index in [4.69, 9.17) is 4.42 Å². The van der Waals surface area contributed by atoms with E-state index in [0.717, 1.165) is 22.1 Å². The van der Waals surface area contributed by atoms with Crippen molar-refractivity contribution >= 4 is 22.6 Å². The van der Waals surface area contributed by atoms with Gasteiger partial charge in [0.05, 0.1) is 5.41 Å². The molecule has 2 N–H and O–H groups in total. The van der Waals surface area contributed by atoms with Crippen LogP contribution in [0.15, 0.2) is 57.7 Å². The highest BCUT2D eigenvalue weighted by molar-refractivity contribution is 5.95. The largest absolute Gasteiger partial charge is 0.481 e. The lowest BCUT2D eigenvalue weighted by Crippen LogP contribution is -2.31. The fourth-order valence-corrected chi connectivity index (χ4v) is 2.77. The van der Waals surface area contributed by atoms with Crippen LogP contribution in [0.3, 0.4) is 0 Å². The first-order chi connectivity index (χ1) is 12.3. The van der Waals surface area contributed by atoms with Gasteiger partial charge in [0.15, 0.2) is 0 Å². The Bertz CT molecular complexity index is 1030. The van der Waals surface area contributed by atoms with E-state index in [1.807, 2.05) is 43.3 Å². The average Bonchev–Trinajstić information content (AvgIpc) is 2.59. The van der Waals surface area contributed by atoms with Crippen molar-refractivity contribution in [2.45, 2.75) is 20.8 Å². The molecule has 0 aliphatic rings. The third-order valence-corrected chi connectivity index (χ3v) is 4.49. The van der Waals surface area contributed by atoms with Crippen molar-refractivity contribution in [3.8, 4) is 11.1 Å².